The number of nitriles is 2. The van der Waals surface area contributed by atoms with Gasteiger partial charge in [-0.05, 0) is 17.7 Å². The van der Waals surface area contributed by atoms with Crippen LogP contribution in [0.5, 0.6) is 11.5 Å². The number of phenols is 1. The summed E-state index contributed by atoms with van der Waals surface area (Å²) >= 11 is 11.8. The molecule has 0 bridgehead atoms. The molecular formula is C15H8Cl2N2O2. The zero-order chi connectivity index (χ0) is 15.6. The van der Waals surface area contributed by atoms with Crippen LogP contribution in [0, 0.1) is 22.7 Å². The van der Waals surface area contributed by atoms with Crippen LogP contribution < -0.4 is 4.74 Å². The third kappa shape index (κ3) is 2.60. The lowest BCUT2D eigenvalue weighted by molar-refractivity contribution is 0.373. The minimum atomic E-state index is -0.319. The fourth-order valence-corrected chi connectivity index (χ4v) is 2.25. The van der Waals surface area contributed by atoms with E-state index in [9.17, 15) is 15.6 Å². The molecule has 0 atom stereocenters. The van der Waals surface area contributed by atoms with Crippen molar-refractivity contribution in [2.24, 2.45) is 0 Å². The van der Waals surface area contributed by atoms with Crippen LogP contribution in [0.2, 0.25) is 10.0 Å². The summed E-state index contributed by atoms with van der Waals surface area (Å²) in [5, 5.41) is 29.3. The van der Waals surface area contributed by atoms with Crippen molar-refractivity contribution in [3.05, 3.63) is 45.4 Å². The third-order valence-corrected chi connectivity index (χ3v) is 3.66. The normalized spacial score (nSPS) is 9.76. The summed E-state index contributed by atoms with van der Waals surface area (Å²) in [5.41, 5.74) is 0.941. The van der Waals surface area contributed by atoms with Crippen molar-refractivity contribution in [1.82, 2.24) is 0 Å². The van der Waals surface area contributed by atoms with Crippen molar-refractivity contribution < 1.29 is 9.84 Å². The predicted molar refractivity (Wildman–Crippen MR) is 79.5 cm³/mol. The van der Waals surface area contributed by atoms with Crippen LogP contribution in [0.15, 0.2) is 24.3 Å². The average Bonchev–Trinajstić information content (AvgIpc) is 2.49. The Hall–Kier alpha value is -2.40. The fourth-order valence-electron chi connectivity index (χ4n) is 1.95. The van der Waals surface area contributed by atoms with Gasteiger partial charge in [0.25, 0.3) is 0 Å². The number of rotatable bonds is 2. The molecule has 0 unspecified atom stereocenters. The molecule has 6 heteroatoms. The lowest BCUT2D eigenvalue weighted by atomic mass is 9.94. The Morgan fingerprint density at radius 2 is 1.81 bits per heavy atom. The molecular weight excluding hydrogens is 311 g/mol. The zero-order valence-electron chi connectivity index (χ0n) is 10.8. The lowest BCUT2D eigenvalue weighted by Crippen LogP contribution is -1.95. The van der Waals surface area contributed by atoms with Gasteiger partial charge < -0.3 is 9.84 Å². The highest BCUT2D eigenvalue weighted by Crippen LogP contribution is 2.40. The van der Waals surface area contributed by atoms with E-state index in [1.54, 1.807) is 12.1 Å². The van der Waals surface area contributed by atoms with E-state index in [0.29, 0.717) is 10.6 Å². The Morgan fingerprint density at radius 3 is 2.33 bits per heavy atom. The van der Waals surface area contributed by atoms with E-state index >= 15 is 0 Å². The van der Waals surface area contributed by atoms with Gasteiger partial charge >= 0.3 is 0 Å². The number of benzene rings is 2. The van der Waals surface area contributed by atoms with Gasteiger partial charge in [0.2, 0.25) is 0 Å². The van der Waals surface area contributed by atoms with Crippen molar-refractivity contribution in [2.45, 2.75) is 0 Å². The van der Waals surface area contributed by atoms with E-state index in [0.717, 1.165) is 0 Å². The Labute approximate surface area is 131 Å². The Morgan fingerprint density at radius 1 is 1.10 bits per heavy atom. The van der Waals surface area contributed by atoms with Crippen LogP contribution in [0.1, 0.15) is 11.1 Å². The number of ether oxygens (including phenoxy) is 1. The maximum Gasteiger partial charge on any atom is 0.176 e. The van der Waals surface area contributed by atoms with E-state index in [2.05, 4.69) is 0 Å². The second-order valence-electron chi connectivity index (χ2n) is 4.08. The second-order valence-corrected chi connectivity index (χ2v) is 4.89. The van der Waals surface area contributed by atoms with Crippen LogP contribution in [-0.2, 0) is 0 Å². The minimum absolute atomic E-state index is 0.0516. The summed E-state index contributed by atoms with van der Waals surface area (Å²) in [4.78, 5) is 0. The van der Waals surface area contributed by atoms with Gasteiger partial charge in [-0.15, -0.1) is 0 Å². The van der Waals surface area contributed by atoms with E-state index < -0.39 is 0 Å². The molecule has 0 aromatic heterocycles. The first-order chi connectivity index (χ1) is 10.0. The van der Waals surface area contributed by atoms with Crippen molar-refractivity contribution in [1.29, 1.82) is 10.5 Å². The molecule has 0 aliphatic heterocycles. The molecule has 0 fully saturated rings. The summed E-state index contributed by atoms with van der Waals surface area (Å²) < 4.78 is 4.96. The molecule has 2 aromatic rings. The summed E-state index contributed by atoms with van der Waals surface area (Å²) in [6.07, 6.45) is 0. The number of methoxy groups -OCH3 is 1. The largest absolute Gasteiger partial charge is 0.503 e. The molecule has 0 amide bonds. The molecule has 2 rings (SSSR count). The van der Waals surface area contributed by atoms with Gasteiger partial charge in [-0.2, -0.15) is 10.5 Å². The Bertz CT molecular complexity index is 805. The molecule has 0 aliphatic rings. The predicted octanol–water partition coefficient (Wildman–Crippen LogP) is 4.12. The van der Waals surface area contributed by atoms with Crippen molar-refractivity contribution in [3.8, 4) is 34.8 Å². The summed E-state index contributed by atoms with van der Waals surface area (Å²) in [7, 11) is 1.34. The minimum Gasteiger partial charge on any atom is -0.503 e. The molecule has 0 aliphatic carbocycles. The molecule has 4 nitrogen and oxygen atoms in total. The van der Waals surface area contributed by atoms with Crippen molar-refractivity contribution >= 4 is 23.2 Å². The number of hydrogen-bond donors (Lipinski definition) is 1. The highest BCUT2D eigenvalue weighted by molar-refractivity contribution is 6.42. The number of nitrogens with zero attached hydrogens (tertiary/aromatic N) is 2. The maximum atomic E-state index is 10.1. The number of hydrogen-bond acceptors (Lipinski definition) is 4. The monoisotopic (exact) mass is 318 g/mol. The fraction of sp³-hybridized carbons (Fsp3) is 0.0667. The van der Waals surface area contributed by atoms with E-state index in [-0.39, 0.29) is 33.2 Å². The molecule has 1 N–H and O–H groups in total. The summed E-state index contributed by atoms with van der Waals surface area (Å²) in [6.45, 7) is 0. The van der Waals surface area contributed by atoms with Crippen LogP contribution in [0.3, 0.4) is 0 Å². The van der Waals surface area contributed by atoms with Gasteiger partial charge in [-0.1, -0.05) is 29.3 Å². The highest BCUT2D eigenvalue weighted by atomic mass is 35.5. The molecule has 0 spiro atoms. The molecule has 0 saturated carbocycles. The quantitative estimate of drug-likeness (QED) is 0.903. The first kappa shape index (κ1) is 15.0. The van der Waals surface area contributed by atoms with E-state index in [4.69, 9.17) is 27.9 Å². The van der Waals surface area contributed by atoms with Crippen LogP contribution in [0.4, 0.5) is 0 Å². The lowest BCUT2D eigenvalue weighted by Gasteiger charge is -2.12. The molecule has 0 heterocycles. The van der Waals surface area contributed by atoms with E-state index in [1.807, 2.05) is 12.1 Å². The zero-order valence-corrected chi connectivity index (χ0v) is 12.3. The number of halogens is 2. The molecule has 0 saturated heterocycles. The van der Waals surface area contributed by atoms with Gasteiger partial charge in [0.15, 0.2) is 11.5 Å². The van der Waals surface area contributed by atoms with Gasteiger partial charge in [0, 0.05) is 11.6 Å². The summed E-state index contributed by atoms with van der Waals surface area (Å²) in [5.74, 6) is -0.257. The summed E-state index contributed by atoms with van der Waals surface area (Å²) in [6, 6.07) is 9.96. The standard InChI is InChI=1S/C15H8Cl2N2O2/c1-21-13-5-9(6-18)14(10(7-19)15(13)20)8-2-3-11(16)12(17)4-8/h2-5,20H,1H3. The smallest absolute Gasteiger partial charge is 0.176 e. The number of aromatic hydroxyl groups is 1. The molecule has 0 radical (unpaired) electrons. The second kappa shape index (κ2) is 5.93. The number of phenolic OH excluding ortho intramolecular Hbond substituents is 1. The molecule has 21 heavy (non-hydrogen) atoms. The highest BCUT2D eigenvalue weighted by Gasteiger charge is 2.20. The average molecular weight is 319 g/mol. The van der Waals surface area contributed by atoms with Gasteiger partial charge in [0.05, 0.1) is 28.8 Å². The van der Waals surface area contributed by atoms with Gasteiger partial charge in [0.1, 0.15) is 11.6 Å². The van der Waals surface area contributed by atoms with Gasteiger partial charge in [-0.3, -0.25) is 0 Å². The molecule has 2 aromatic carbocycles. The Kier molecular flexibility index (Phi) is 4.23. The van der Waals surface area contributed by atoms with Gasteiger partial charge in [-0.25, -0.2) is 0 Å². The maximum absolute atomic E-state index is 10.1. The van der Waals surface area contributed by atoms with Crippen LogP contribution >= 0.6 is 23.2 Å². The van der Waals surface area contributed by atoms with Crippen LogP contribution in [0.25, 0.3) is 11.1 Å². The van der Waals surface area contributed by atoms with Crippen molar-refractivity contribution in [2.75, 3.05) is 7.11 Å². The molecule has 104 valence electrons. The van der Waals surface area contributed by atoms with Crippen molar-refractivity contribution in [3.63, 3.8) is 0 Å². The topological polar surface area (TPSA) is 77.0 Å². The first-order valence-electron chi connectivity index (χ1n) is 5.73. The van der Waals surface area contributed by atoms with Crippen LogP contribution in [-0.4, -0.2) is 12.2 Å². The SMILES string of the molecule is COc1cc(C#N)c(-c2ccc(Cl)c(Cl)c2)c(C#N)c1O. The third-order valence-electron chi connectivity index (χ3n) is 2.93. The van der Waals surface area contributed by atoms with E-state index in [1.165, 1.54) is 19.2 Å². The first-order valence-corrected chi connectivity index (χ1v) is 6.48. The Balaban J connectivity index is 2.85.